The van der Waals surface area contributed by atoms with Crippen molar-refractivity contribution in [2.45, 2.75) is 36.5 Å². The summed E-state index contributed by atoms with van der Waals surface area (Å²) in [4.78, 5) is 20.9. The minimum atomic E-state index is -0.412. The summed E-state index contributed by atoms with van der Waals surface area (Å²) < 4.78 is 5.27. The van der Waals surface area contributed by atoms with E-state index in [1.165, 1.54) is 11.8 Å². The molecular formula is C31H27N3O2S. The van der Waals surface area contributed by atoms with Crippen LogP contribution in [0.25, 0.3) is 11.3 Å². The highest BCUT2D eigenvalue weighted by atomic mass is 32.2. The quantitative estimate of drug-likeness (QED) is 0.265. The van der Waals surface area contributed by atoms with Gasteiger partial charge in [0.15, 0.2) is 0 Å². The molecule has 4 aromatic rings. The van der Waals surface area contributed by atoms with E-state index in [4.69, 9.17) is 9.72 Å². The lowest BCUT2D eigenvalue weighted by Gasteiger charge is -2.28. The van der Waals surface area contributed by atoms with E-state index in [1.807, 2.05) is 78.6 Å². The number of aryl methyl sites for hydroxylation is 2. The molecule has 0 radical (unpaired) electrons. The molecule has 37 heavy (non-hydrogen) atoms. The molecule has 3 aromatic carbocycles. The van der Waals surface area contributed by atoms with Crippen LogP contribution in [0, 0.1) is 11.3 Å². The number of hydrogen-bond donors (Lipinski definition) is 0. The second-order valence-electron chi connectivity index (χ2n) is 8.84. The third-order valence-electron chi connectivity index (χ3n) is 6.62. The monoisotopic (exact) mass is 505 g/mol. The highest BCUT2D eigenvalue weighted by molar-refractivity contribution is 8.00. The first-order valence-corrected chi connectivity index (χ1v) is 13.2. The molecule has 1 unspecified atom stereocenters. The molecule has 5 nitrogen and oxygen atoms in total. The topological polar surface area (TPSA) is 66.2 Å². The number of fused-ring (bicyclic) bond motifs is 2. The number of thioether (sulfide) groups is 1. The normalized spacial score (nSPS) is 13.1. The van der Waals surface area contributed by atoms with Gasteiger partial charge in [-0.25, -0.2) is 4.98 Å². The van der Waals surface area contributed by atoms with Gasteiger partial charge in [-0.3, -0.25) is 9.69 Å². The van der Waals surface area contributed by atoms with Gasteiger partial charge in [-0.1, -0.05) is 55.1 Å². The maximum absolute atomic E-state index is 14.2. The molecule has 2 heterocycles. The van der Waals surface area contributed by atoms with E-state index in [0.717, 1.165) is 52.4 Å². The molecule has 184 valence electrons. The molecule has 1 aromatic heterocycles. The predicted octanol–water partition coefficient (Wildman–Crippen LogP) is 6.96. The third-order valence-corrected chi connectivity index (χ3v) is 7.97. The SMILES string of the molecule is CCC(Sc1nc(-c2ccc(OC)cc2)ccc1C#N)C(=O)N1c2ccccc2CCc2ccccc21. The Balaban J connectivity index is 1.51. The molecule has 0 bridgehead atoms. The van der Waals surface area contributed by atoms with Crippen LogP contribution >= 0.6 is 11.8 Å². The number of para-hydroxylation sites is 2. The van der Waals surface area contributed by atoms with Crippen LogP contribution in [0.2, 0.25) is 0 Å². The molecule has 1 aliphatic heterocycles. The molecule has 0 N–H and O–H groups in total. The van der Waals surface area contributed by atoms with E-state index in [0.29, 0.717) is 17.0 Å². The molecule has 0 aliphatic carbocycles. The van der Waals surface area contributed by atoms with Crippen LogP contribution in [-0.2, 0) is 17.6 Å². The highest BCUT2D eigenvalue weighted by Crippen LogP contribution is 2.39. The maximum atomic E-state index is 14.2. The van der Waals surface area contributed by atoms with Crippen molar-refractivity contribution in [1.82, 2.24) is 4.98 Å². The minimum absolute atomic E-state index is 0.00478. The summed E-state index contributed by atoms with van der Waals surface area (Å²) >= 11 is 1.36. The van der Waals surface area contributed by atoms with Crippen LogP contribution in [0.15, 0.2) is 90.0 Å². The molecule has 5 rings (SSSR count). The van der Waals surface area contributed by atoms with Crippen molar-refractivity contribution in [3.05, 3.63) is 102 Å². The maximum Gasteiger partial charge on any atom is 0.245 e. The number of amides is 1. The molecule has 1 atom stereocenters. The Morgan fingerprint density at radius 3 is 2.16 bits per heavy atom. The molecule has 0 saturated carbocycles. The number of nitriles is 1. The fourth-order valence-electron chi connectivity index (χ4n) is 4.64. The van der Waals surface area contributed by atoms with Gasteiger partial charge in [0.05, 0.1) is 35.0 Å². The summed E-state index contributed by atoms with van der Waals surface area (Å²) in [5.41, 5.74) is 6.30. The second-order valence-corrected chi connectivity index (χ2v) is 10.0. The van der Waals surface area contributed by atoms with Crippen LogP contribution < -0.4 is 9.64 Å². The largest absolute Gasteiger partial charge is 0.497 e. The molecule has 0 spiro atoms. The Hall–Kier alpha value is -4.08. The van der Waals surface area contributed by atoms with Gasteiger partial charge in [0.1, 0.15) is 16.8 Å². The van der Waals surface area contributed by atoms with Crippen LogP contribution in [0.4, 0.5) is 11.4 Å². The van der Waals surface area contributed by atoms with Crippen molar-refractivity contribution in [3.8, 4) is 23.1 Å². The van der Waals surface area contributed by atoms with Gasteiger partial charge in [0.2, 0.25) is 5.91 Å². The number of rotatable bonds is 6. The Morgan fingerprint density at radius 2 is 1.59 bits per heavy atom. The number of nitrogens with zero attached hydrogens (tertiary/aromatic N) is 3. The zero-order valence-corrected chi connectivity index (χ0v) is 21.7. The average molecular weight is 506 g/mol. The first-order chi connectivity index (χ1) is 18.1. The summed E-state index contributed by atoms with van der Waals surface area (Å²) in [5, 5.41) is 9.95. The summed E-state index contributed by atoms with van der Waals surface area (Å²) in [6, 6.07) is 29.8. The average Bonchev–Trinajstić information content (AvgIpc) is 3.12. The number of carbonyl (C=O) groups is 1. The molecule has 1 aliphatic rings. The van der Waals surface area contributed by atoms with E-state index in [-0.39, 0.29) is 5.91 Å². The van der Waals surface area contributed by atoms with Crippen molar-refractivity contribution in [1.29, 1.82) is 5.26 Å². The van der Waals surface area contributed by atoms with E-state index >= 15 is 0 Å². The molecule has 1 amide bonds. The summed E-state index contributed by atoms with van der Waals surface area (Å²) in [6.45, 7) is 2.00. The Morgan fingerprint density at radius 1 is 0.973 bits per heavy atom. The predicted molar refractivity (Wildman–Crippen MR) is 148 cm³/mol. The first kappa shape index (κ1) is 24.6. The molecular weight excluding hydrogens is 478 g/mol. The standard InChI is InChI=1S/C31H27N3O2S/c1-3-29(37-30-24(20-32)16-19-26(33-30)21-14-17-25(36-2)18-15-21)31(35)34-27-10-6-4-8-22(27)12-13-23-9-5-7-11-28(23)34/h4-11,14-19,29H,3,12-13H2,1-2H3. The van der Waals surface area contributed by atoms with E-state index in [9.17, 15) is 10.1 Å². The van der Waals surface area contributed by atoms with Crippen LogP contribution in [0.1, 0.15) is 30.0 Å². The smallest absolute Gasteiger partial charge is 0.245 e. The lowest BCUT2D eigenvalue weighted by atomic mass is 10.0. The number of anilines is 2. The van der Waals surface area contributed by atoms with Gasteiger partial charge < -0.3 is 4.74 Å². The number of carbonyl (C=O) groups excluding carboxylic acids is 1. The fraction of sp³-hybridized carbons (Fsp3) is 0.194. The zero-order chi connectivity index (χ0) is 25.8. The second kappa shape index (κ2) is 10.9. The number of benzene rings is 3. The van der Waals surface area contributed by atoms with Crippen molar-refractivity contribution < 1.29 is 9.53 Å². The first-order valence-electron chi connectivity index (χ1n) is 12.3. The van der Waals surface area contributed by atoms with Gasteiger partial charge in [0.25, 0.3) is 0 Å². The lowest BCUT2D eigenvalue weighted by molar-refractivity contribution is -0.117. The fourth-order valence-corrected chi connectivity index (χ4v) is 5.68. The Kier molecular flexibility index (Phi) is 7.25. The van der Waals surface area contributed by atoms with Gasteiger partial charge in [-0.05, 0) is 78.9 Å². The van der Waals surface area contributed by atoms with Crippen molar-refractivity contribution in [3.63, 3.8) is 0 Å². The Bertz CT molecular complexity index is 1430. The molecule has 0 saturated heterocycles. The van der Waals surface area contributed by atoms with Crippen LogP contribution in [0.5, 0.6) is 5.75 Å². The minimum Gasteiger partial charge on any atom is -0.497 e. The van der Waals surface area contributed by atoms with Gasteiger partial charge in [-0.2, -0.15) is 5.26 Å². The van der Waals surface area contributed by atoms with Crippen molar-refractivity contribution in [2.75, 3.05) is 12.0 Å². The zero-order valence-electron chi connectivity index (χ0n) is 20.8. The van der Waals surface area contributed by atoms with E-state index in [1.54, 1.807) is 13.2 Å². The number of ether oxygens (including phenoxy) is 1. The lowest BCUT2D eigenvalue weighted by Crippen LogP contribution is -2.34. The molecule has 6 heteroatoms. The summed E-state index contributed by atoms with van der Waals surface area (Å²) in [6.07, 6.45) is 2.36. The number of methoxy groups -OCH3 is 1. The molecule has 0 fully saturated rings. The Labute approximate surface area is 221 Å². The van der Waals surface area contributed by atoms with Crippen LogP contribution in [-0.4, -0.2) is 23.3 Å². The van der Waals surface area contributed by atoms with Crippen molar-refractivity contribution >= 4 is 29.0 Å². The van der Waals surface area contributed by atoms with Gasteiger partial charge in [0, 0.05) is 5.56 Å². The highest BCUT2D eigenvalue weighted by Gasteiger charge is 2.31. The summed E-state index contributed by atoms with van der Waals surface area (Å²) in [7, 11) is 1.63. The third kappa shape index (κ3) is 4.96. The number of pyridine rings is 1. The number of aromatic nitrogens is 1. The van der Waals surface area contributed by atoms with E-state index in [2.05, 4.69) is 18.2 Å². The van der Waals surface area contributed by atoms with Crippen LogP contribution in [0.3, 0.4) is 0 Å². The number of hydrogen-bond acceptors (Lipinski definition) is 5. The van der Waals surface area contributed by atoms with Gasteiger partial charge >= 0.3 is 0 Å². The summed E-state index contributed by atoms with van der Waals surface area (Å²) in [5.74, 6) is 0.761. The van der Waals surface area contributed by atoms with E-state index < -0.39 is 5.25 Å². The van der Waals surface area contributed by atoms with Crippen molar-refractivity contribution in [2.24, 2.45) is 0 Å². The van der Waals surface area contributed by atoms with Gasteiger partial charge in [-0.15, -0.1) is 0 Å².